The molecule has 174 valence electrons. The van der Waals surface area contributed by atoms with Crippen molar-refractivity contribution in [2.24, 2.45) is 0 Å². The standard InChI is InChI=1S/C25H27FN8/c1-29-15-19-12-16(6-7-21(19)28)22-23(17-4-5-18(14-27)20(26)13-17)32-25(33-24(22)30-2)34-10-3-8-31-9-11-34/h4-7,12-13,15,28-29,31H,3,8-11H2,1-2H3,(H,30,32,33)/b19-15-,28-21?. The largest absolute Gasteiger partial charge is 0.393 e. The van der Waals surface area contributed by atoms with Crippen LogP contribution in [0.4, 0.5) is 16.2 Å². The van der Waals surface area contributed by atoms with Gasteiger partial charge in [0.05, 0.1) is 22.5 Å². The summed E-state index contributed by atoms with van der Waals surface area (Å²) in [5, 5.41) is 26.9. The van der Waals surface area contributed by atoms with E-state index < -0.39 is 5.82 Å². The van der Waals surface area contributed by atoms with Crippen LogP contribution in [-0.2, 0) is 0 Å². The molecule has 1 aliphatic carbocycles. The summed E-state index contributed by atoms with van der Waals surface area (Å²) < 4.78 is 14.6. The molecule has 34 heavy (non-hydrogen) atoms. The van der Waals surface area contributed by atoms with Crippen LogP contribution in [0.1, 0.15) is 17.5 Å². The molecule has 1 aromatic carbocycles. The average Bonchev–Trinajstić information content (AvgIpc) is 3.14. The molecule has 1 aromatic heterocycles. The Morgan fingerprint density at radius 1 is 1.21 bits per heavy atom. The van der Waals surface area contributed by atoms with Gasteiger partial charge in [0.25, 0.3) is 0 Å². The Hall–Kier alpha value is -4.03. The monoisotopic (exact) mass is 458 g/mol. The van der Waals surface area contributed by atoms with Crippen LogP contribution in [0.5, 0.6) is 0 Å². The predicted molar refractivity (Wildman–Crippen MR) is 133 cm³/mol. The highest BCUT2D eigenvalue weighted by Crippen LogP contribution is 2.37. The summed E-state index contributed by atoms with van der Waals surface area (Å²) in [6.45, 7) is 3.34. The van der Waals surface area contributed by atoms with Gasteiger partial charge in [-0.2, -0.15) is 10.2 Å². The maximum Gasteiger partial charge on any atom is 0.227 e. The van der Waals surface area contributed by atoms with Gasteiger partial charge in [0.2, 0.25) is 5.95 Å². The molecule has 1 fully saturated rings. The van der Waals surface area contributed by atoms with Crippen molar-refractivity contribution in [2.75, 3.05) is 50.5 Å². The number of nitrogens with zero attached hydrogens (tertiary/aromatic N) is 4. The number of rotatable bonds is 5. The third-order valence-electron chi connectivity index (χ3n) is 5.76. The topological polar surface area (TPSA) is 113 Å². The average molecular weight is 459 g/mol. The first kappa shape index (κ1) is 23.1. The Morgan fingerprint density at radius 2 is 2.06 bits per heavy atom. The van der Waals surface area contributed by atoms with E-state index >= 15 is 0 Å². The molecule has 1 aliphatic heterocycles. The summed E-state index contributed by atoms with van der Waals surface area (Å²) in [4.78, 5) is 11.9. The van der Waals surface area contributed by atoms with E-state index in [0.717, 1.165) is 38.2 Å². The van der Waals surface area contributed by atoms with Gasteiger partial charge in [-0.3, -0.25) is 0 Å². The zero-order chi connectivity index (χ0) is 24.1. The number of allylic oxidation sites excluding steroid dienone is 5. The number of aromatic nitrogens is 2. The Bertz CT molecular complexity index is 1230. The minimum Gasteiger partial charge on any atom is -0.393 e. The van der Waals surface area contributed by atoms with Gasteiger partial charge in [0.15, 0.2) is 0 Å². The van der Waals surface area contributed by atoms with Gasteiger partial charge in [-0.1, -0.05) is 12.1 Å². The molecule has 0 amide bonds. The maximum atomic E-state index is 14.6. The van der Waals surface area contributed by atoms with E-state index in [4.69, 9.17) is 15.4 Å². The predicted octanol–water partition coefficient (Wildman–Crippen LogP) is 3.07. The molecule has 1 saturated heterocycles. The number of halogens is 1. The fraction of sp³-hybridized carbons (Fsp3) is 0.280. The molecule has 4 N–H and O–H groups in total. The van der Waals surface area contributed by atoms with Crippen LogP contribution in [-0.4, -0.2) is 56.0 Å². The molecule has 2 heterocycles. The SMILES string of the molecule is CN/C=C1/C=C(c2c(NC)nc(N3CCCNCC3)nc2-c2ccc(C#N)c(F)c2)C=CC1=N. The Morgan fingerprint density at radius 3 is 2.79 bits per heavy atom. The smallest absolute Gasteiger partial charge is 0.227 e. The molecule has 0 unspecified atom stereocenters. The minimum atomic E-state index is -0.596. The van der Waals surface area contributed by atoms with Crippen LogP contribution in [0.25, 0.3) is 16.8 Å². The lowest BCUT2D eigenvalue weighted by Gasteiger charge is -2.24. The van der Waals surface area contributed by atoms with Gasteiger partial charge < -0.3 is 26.3 Å². The highest BCUT2D eigenvalue weighted by molar-refractivity contribution is 6.14. The normalized spacial score (nSPS) is 17.2. The van der Waals surface area contributed by atoms with Crippen molar-refractivity contribution in [1.82, 2.24) is 20.6 Å². The van der Waals surface area contributed by atoms with Crippen molar-refractivity contribution in [3.05, 3.63) is 65.1 Å². The van der Waals surface area contributed by atoms with E-state index in [1.54, 1.807) is 32.4 Å². The lowest BCUT2D eigenvalue weighted by Crippen LogP contribution is -2.30. The van der Waals surface area contributed by atoms with Crippen molar-refractivity contribution in [2.45, 2.75) is 6.42 Å². The summed E-state index contributed by atoms with van der Waals surface area (Å²) in [7, 11) is 3.58. The third kappa shape index (κ3) is 4.67. The van der Waals surface area contributed by atoms with Crippen LogP contribution >= 0.6 is 0 Å². The van der Waals surface area contributed by atoms with E-state index in [2.05, 4.69) is 20.9 Å². The Labute approximate surface area is 198 Å². The number of nitriles is 1. The van der Waals surface area contributed by atoms with Gasteiger partial charge in [0, 0.05) is 51.1 Å². The van der Waals surface area contributed by atoms with Crippen LogP contribution in [0, 0.1) is 22.6 Å². The van der Waals surface area contributed by atoms with Gasteiger partial charge >= 0.3 is 0 Å². The Balaban J connectivity index is 1.94. The first-order valence-electron chi connectivity index (χ1n) is 11.2. The summed E-state index contributed by atoms with van der Waals surface area (Å²) >= 11 is 0. The van der Waals surface area contributed by atoms with Crippen LogP contribution in [0.3, 0.4) is 0 Å². The molecule has 2 aliphatic rings. The van der Waals surface area contributed by atoms with E-state index in [9.17, 15) is 9.65 Å². The first-order valence-corrected chi connectivity index (χ1v) is 11.2. The number of nitrogens with one attached hydrogen (secondary N) is 4. The Kier molecular flexibility index (Phi) is 6.99. The van der Waals surface area contributed by atoms with Gasteiger partial charge in [-0.25, -0.2) is 9.37 Å². The zero-order valence-electron chi connectivity index (χ0n) is 19.2. The van der Waals surface area contributed by atoms with Gasteiger partial charge in [0.1, 0.15) is 17.7 Å². The molecular formula is C25H27FN8. The highest BCUT2D eigenvalue weighted by Gasteiger charge is 2.23. The molecule has 0 atom stereocenters. The second kappa shape index (κ2) is 10.3. The van der Waals surface area contributed by atoms with Crippen molar-refractivity contribution in [3.8, 4) is 17.3 Å². The highest BCUT2D eigenvalue weighted by atomic mass is 19.1. The molecule has 9 heteroatoms. The number of anilines is 2. The van der Waals surface area contributed by atoms with Crippen molar-refractivity contribution in [1.29, 1.82) is 10.7 Å². The molecule has 0 spiro atoms. The van der Waals surface area contributed by atoms with Crippen LogP contribution in [0.15, 0.2) is 48.2 Å². The lowest BCUT2D eigenvalue weighted by molar-refractivity contribution is 0.624. The number of benzene rings is 1. The zero-order valence-corrected chi connectivity index (χ0v) is 19.2. The van der Waals surface area contributed by atoms with Gasteiger partial charge in [-0.15, -0.1) is 0 Å². The van der Waals surface area contributed by atoms with Crippen LogP contribution in [0.2, 0.25) is 0 Å². The number of hydrogen-bond donors (Lipinski definition) is 4. The molecule has 0 radical (unpaired) electrons. The van der Waals surface area contributed by atoms with E-state index in [0.29, 0.717) is 39.9 Å². The molecular weight excluding hydrogens is 431 g/mol. The summed E-state index contributed by atoms with van der Waals surface area (Å²) in [6.07, 6.45) is 8.17. The summed E-state index contributed by atoms with van der Waals surface area (Å²) in [6, 6.07) is 6.40. The van der Waals surface area contributed by atoms with Crippen molar-refractivity contribution >= 4 is 23.1 Å². The van der Waals surface area contributed by atoms with E-state index in [1.165, 1.54) is 12.1 Å². The second-order valence-electron chi connectivity index (χ2n) is 7.98. The molecule has 8 nitrogen and oxygen atoms in total. The molecule has 4 rings (SSSR count). The minimum absolute atomic E-state index is 0.0172. The number of hydrogen-bond acceptors (Lipinski definition) is 8. The third-order valence-corrected chi connectivity index (χ3v) is 5.76. The second-order valence-corrected chi connectivity index (χ2v) is 7.98. The maximum absolute atomic E-state index is 14.6. The van der Waals surface area contributed by atoms with Gasteiger partial charge in [-0.05, 0) is 42.8 Å². The van der Waals surface area contributed by atoms with Crippen molar-refractivity contribution in [3.63, 3.8) is 0 Å². The van der Waals surface area contributed by atoms with Crippen molar-refractivity contribution < 1.29 is 4.39 Å². The lowest BCUT2D eigenvalue weighted by atomic mass is 9.92. The molecule has 0 bridgehead atoms. The molecule has 2 aromatic rings. The van der Waals surface area contributed by atoms with Crippen LogP contribution < -0.4 is 20.9 Å². The summed E-state index contributed by atoms with van der Waals surface area (Å²) in [5.74, 6) is 0.576. The quantitative estimate of drug-likeness (QED) is 0.545. The summed E-state index contributed by atoms with van der Waals surface area (Å²) in [5.41, 5.74) is 3.68. The first-order chi connectivity index (χ1) is 16.5. The van der Waals surface area contributed by atoms with E-state index in [-0.39, 0.29) is 5.56 Å². The molecule has 0 saturated carbocycles. The fourth-order valence-corrected chi connectivity index (χ4v) is 4.05. The fourth-order valence-electron chi connectivity index (χ4n) is 4.05. The van der Waals surface area contributed by atoms with E-state index in [1.807, 2.05) is 18.2 Å².